The Morgan fingerprint density at radius 1 is 1.40 bits per heavy atom. The Morgan fingerprint density at radius 3 is 2.73 bits per heavy atom. The molecular weight excluding hydrogens is 196 g/mol. The van der Waals surface area contributed by atoms with E-state index in [2.05, 4.69) is 43.4 Å². The lowest BCUT2D eigenvalue weighted by molar-refractivity contribution is 0.584. The third kappa shape index (κ3) is 4.56. The Kier molecular flexibility index (Phi) is 4.45. The average Bonchev–Trinajstić information content (AvgIpc) is 2.58. The summed E-state index contributed by atoms with van der Waals surface area (Å²) in [5.74, 6) is 4.08. The van der Waals surface area contributed by atoms with Gasteiger partial charge in [0.25, 0.3) is 0 Å². The molecule has 0 bridgehead atoms. The van der Waals surface area contributed by atoms with Crippen molar-refractivity contribution in [2.24, 2.45) is 5.92 Å². The van der Waals surface area contributed by atoms with E-state index < -0.39 is 8.07 Å². The van der Waals surface area contributed by atoms with Crippen LogP contribution in [-0.4, -0.2) is 8.07 Å². The van der Waals surface area contributed by atoms with E-state index in [9.17, 15) is 0 Å². The Morgan fingerprint density at radius 2 is 2.13 bits per heavy atom. The van der Waals surface area contributed by atoms with Crippen molar-refractivity contribution < 1.29 is 0 Å². The topological polar surface area (TPSA) is 0 Å². The first-order valence-corrected chi connectivity index (χ1v) is 9.42. The molecule has 0 aliphatic heterocycles. The summed E-state index contributed by atoms with van der Waals surface area (Å²) >= 11 is 0. The van der Waals surface area contributed by atoms with Gasteiger partial charge in [-0.2, -0.15) is 0 Å². The third-order valence-electron chi connectivity index (χ3n) is 2.80. The van der Waals surface area contributed by atoms with E-state index in [1.807, 2.05) is 0 Å². The molecule has 0 aromatic rings. The highest BCUT2D eigenvalue weighted by molar-refractivity contribution is 6.83. The van der Waals surface area contributed by atoms with Crippen LogP contribution in [0, 0.1) is 17.4 Å². The minimum absolute atomic E-state index is 0.735. The van der Waals surface area contributed by atoms with Crippen LogP contribution in [0.3, 0.4) is 0 Å². The van der Waals surface area contributed by atoms with E-state index in [1.54, 1.807) is 0 Å². The molecule has 0 spiro atoms. The standard InChI is InChI=1S/C14H22Si/c1-5-13-10-8-11-14(13)9-6-7-12-15(2,3)4/h14H,1,6,8-11H2,2-4H3. The first kappa shape index (κ1) is 12.4. The van der Waals surface area contributed by atoms with Crippen LogP contribution in [0.2, 0.25) is 19.6 Å². The van der Waals surface area contributed by atoms with Crippen molar-refractivity contribution in [2.45, 2.75) is 51.7 Å². The number of allylic oxidation sites excluding steroid dienone is 1. The number of hydrogen-bond donors (Lipinski definition) is 0. The average molecular weight is 218 g/mol. The van der Waals surface area contributed by atoms with Gasteiger partial charge >= 0.3 is 0 Å². The zero-order valence-corrected chi connectivity index (χ0v) is 11.3. The van der Waals surface area contributed by atoms with Crippen LogP contribution >= 0.6 is 0 Å². The first-order valence-electron chi connectivity index (χ1n) is 5.92. The zero-order valence-electron chi connectivity index (χ0n) is 10.3. The molecule has 0 radical (unpaired) electrons. The summed E-state index contributed by atoms with van der Waals surface area (Å²) in [7, 11) is -1.16. The number of rotatable bonds is 2. The molecule has 1 aliphatic carbocycles. The fraction of sp³-hybridized carbons (Fsp3) is 0.643. The van der Waals surface area contributed by atoms with Gasteiger partial charge in [-0.1, -0.05) is 26.2 Å². The molecule has 1 unspecified atom stereocenters. The van der Waals surface area contributed by atoms with Crippen molar-refractivity contribution in [3.63, 3.8) is 0 Å². The molecule has 1 rings (SSSR count). The molecule has 0 aromatic carbocycles. The second-order valence-electron chi connectivity index (χ2n) is 5.38. The van der Waals surface area contributed by atoms with Crippen molar-refractivity contribution in [3.8, 4) is 11.5 Å². The SMILES string of the molecule is C=C=C1CCCC1CCC#C[Si](C)(C)C. The minimum atomic E-state index is -1.16. The third-order valence-corrected chi connectivity index (χ3v) is 3.73. The van der Waals surface area contributed by atoms with Gasteiger partial charge in [0.05, 0.1) is 0 Å². The Hall–Kier alpha value is -0.703. The summed E-state index contributed by atoms with van der Waals surface area (Å²) in [6.07, 6.45) is 6.14. The Bertz CT molecular complexity index is 315. The summed E-state index contributed by atoms with van der Waals surface area (Å²) in [6.45, 7) is 10.7. The van der Waals surface area contributed by atoms with Crippen LogP contribution in [0.4, 0.5) is 0 Å². The molecule has 1 saturated carbocycles. The normalized spacial score (nSPS) is 20.7. The molecule has 0 amide bonds. The van der Waals surface area contributed by atoms with Crippen LogP contribution in [0.5, 0.6) is 0 Å². The summed E-state index contributed by atoms with van der Waals surface area (Å²) in [6, 6.07) is 0. The Labute approximate surface area is 95.5 Å². The summed E-state index contributed by atoms with van der Waals surface area (Å²) in [5, 5.41) is 0. The van der Waals surface area contributed by atoms with Gasteiger partial charge in [0.1, 0.15) is 8.07 Å². The van der Waals surface area contributed by atoms with Gasteiger partial charge in [0.15, 0.2) is 0 Å². The predicted molar refractivity (Wildman–Crippen MR) is 70.4 cm³/mol. The van der Waals surface area contributed by atoms with Crippen LogP contribution in [-0.2, 0) is 0 Å². The van der Waals surface area contributed by atoms with E-state index in [0.29, 0.717) is 0 Å². The van der Waals surface area contributed by atoms with Gasteiger partial charge in [0, 0.05) is 6.42 Å². The molecule has 0 heterocycles. The number of hydrogen-bond acceptors (Lipinski definition) is 0. The molecule has 0 N–H and O–H groups in total. The fourth-order valence-corrected chi connectivity index (χ4v) is 2.70. The van der Waals surface area contributed by atoms with Crippen LogP contribution in [0.15, 0.2) is 17.9 Å². The highest BCUT2D eigenvalue weighted by atomic mass is 28.3. The monoisotopic (exact) mass is 218 g/mol. The van der Waals surface area contributed by atoms with Crippen molar-refractivity contribution in [3.05, 3.63) is 17.9 Å². The van der Waals surface area contributed by atoms with E-state index in [1.165, 1.54) is 31.3 Å². The maximum Gasteiger partial charge on any atom is 0.129 e. The molecular formula is C14H22Si. The van der Waals surface area contributed by atoms with Gasteiger partial charge in [-0.15, -0.1) is 17.2 Å². The molecule has 82 valence electrons. The molecule has 1 aliphatic rings. The van der Waals surface area contributed by atoms with Crippen LogP contribution < -0.4 is 0 Å². The molecule has 15 heavy (non-hydrogen) atoms. The maximum absolute atomic E-state index is 3.77. The van der Waals surface area contributed by atoms with Gasteiger partial charge in [-0.05, 0) is 37.2 Å². The molecule has 1 heteroatoms. The summed E-state index contributed by atoms with van der Waals surface area (Å²) in [5.41, 5.74) is 7.97. The van der Waals surface area contributed by atoms with Crippen molar-refractivity contribution in [1.29, 1.82) is 0 Å². The predicted octanol–water partition coefficient (Wildman–Crippen LogP) is 4.16. The van der Waals surface area contributed by atoms with Crippen molar-refractivity contribution >= 4 is 8.07 Å². The second-order valence-corrected chi connectivity index (χ2v) is 10.1. The lowest BCUT2D eigenvalue weighted by Crippen LogP contribution is -2.16. The first-order chi connectivity index (χ1) is 7.03. The highest BCUT2D eigenvalue weighted by Crippen LogP contribution is 2.33. The largest absolute Gasteiger partial charge is 0.132 e. The smallest absolute Gasteiger partial charge is 0.129 e. The molecule has 0 aromatic heterocycles. The maximum atomic E-state index is 3.77. The minimum Gasteiger partial charge on any atom is -0.132 e. The van der Waals surface area contributed by atoms with E-state index in [-0.39, 0.29) is 0 Å². The van der Waals surface area contributed by atoms with Gasteiger partial charge in [-0.25, -0.2) is 0 Å². The molecule has 1 fully saturated rings. The zero-order chi connectivity index (χ0) is 11.3. The van der Waals surface area contributed by atoms with Gasteiger partial charge in [0.2, 0.25) is 0 Å². The van der Waals surface area contributed by atoms with Gasteiger partial charge < -0.3 is 0 Å². The molecule has 0 saturated heterocycles. The van der Waals surface area contributed by atoms with E-state index in [4.69, 9.17) is 0 Å². The Balaban J connectivity index is 2.37. The molecule has 0 nitrogen and oxygen atoms in total. The van der Waals surface area contributed by atoms with Crippen molar-refractivity contribution in [2.75, 3.05) is 0 Å². The van der Waals surface area contributed by atoms with E-state index >= 15 is 0 Å². The summed E-state index contributed by atoms with van der Waals surface area (Å²) in [4.78, 5) is 0. The van der Waals surface area contributed by atoms with Crippen LogP contribution in [0.1, 0.15) is 32.1 Å². The van der Waals surface area contributed by atoms with E-state index in [0.717, 1.165) is 12.3 Å². The highest BCUT2D eigenvalue weighted by Gasteiger charge is 2.19. The fourth-order valence-electron chi connectivity index (χ4n) is 2.04. The van der Waals surface area contributed by atoms with Gasteiger partial charge in [-0.3, -0.25) is 0 Å². The lowest BCUT2D eigenvalue weighted by Gasteiger charge is -2.07. The van der Waals surface area contributed by atoms with Crippen molar-refractivity contribution in [1.82, 2.24) is 0 Å². The molecule has 1 atom stereocenters. The van der Waals surface area contributed by atoms with Crippen LogP contribution in [0.25, 0.3) is 0 Å². The quantitative estimate of drug-likeness (QED) is 0.371. The lowest BCUT2D eigenvalue weighted by atomic mass is 9.98. The summed E-state index contributed by atoms with van der Waals surface area (Å²) < 4.78 is 0. The second kappa shape index (κ2) is 5.40.